The largest absolute Gasteiger partial charge is 0.417 e. The molecule has 1 heterocycles. The molecule has 0 saturated heterocycles. The first-order chi connectivity index (χ1) is 15.8. The highest BCUT2D eigenvalue weighted by Crippen LogP contribution is 2.36. The molecule has 1 aromatic heterocycles. The quantitative estimate of drug-likeness (QED) is 0.267. The van der Waals surface area contributed by atoms with E-state index in [-0.39, 0.29) is 11.3 Å². The van der Waals surface area contributed by atoms with Crippen LogP contribution < -0.4 is 5.32 Å². The van der Waals surface area contributed by atoms with E-state index in [0.717, 1.165) is 23.8 Å². The summed E-state index contributed by atoms with van der Waals surface area (Å²) in [4.78, 5) is 12.5. The van der Waals surface area contributed by atoms with Crippen molar-refractivity contribution in [3.8, 4) is 17.4 Å². The predicted molar refractivity (Wildman–Crippen MR) is 118 cm³/mol. The Balaban J connectivity index is 1.62. The number of aromatic nitrogens is 1. The van der Waals surface area contributed by atoms with Crippen molar-refractivity contribution < 1.29 is 22.5 Å². The number of alkyl halides is 3. The third kappa shape index (κ3) is 4.73. The first kappa shape index (κ1) is 22.1. The van der Waals surface area contributed by atoms with E-state index in [9.17, 15) is 23.2 Å². The van der Waals surface area contributed by atoms with Crippen LogP contribution in [0.2, 0.25) is 5.02 Å². The normalized spacial score (nSPS) is 11.9. The predicted octanol–water partition coefficient (Wildman–Crippen LogP) is 6.71. The van der Waals surface area contributed by atoms with Crippen molar-refractivity contribution in [3.63, 3.8) is 0 Å². The molecule has 0 bridgehead atoms. The second kappa shape index (κ2) is 8.81. The highest BCUT2D eigenvalue weighted by atomic mass is 35.5. The molecule has 0 fully saturated rings. The summed E-state index contributed by atoms with van der Waals surface area (Å²) in [5, 5.41) is 16.0. The van der Waals surface area contributed by atoms with Crippen molar-refractivity contribution in [2.24, 2.45) is 0 Å². The number of anilines is 1. The van der Waals surface area contributed by atoms with Crippen molar-refractivity contribution in [2.45, 2.75) is 6.18 Å². The summed E-state index contributed by atoms with van der Waals surface area (Å²) in [6.45, 7) is 0. The topological polar surface area (TPSA) is 78.9 Å². The lowest BCUT2D eigenvalue weighted by Crippen LogP contribution is -2.14. The van der Waals surface area contributed by atoms with Crippen molar-refractivity contribution in [1.82, 2.24) is 5.16 Å². The van der Waals surface area contributed by atoms with Gasteiger partial charge in [0.25, 0.3) is 5.91 Å². The molecule has 0 radical (unpaired) electrons. The molecule has 0 saturated carbocycles. The van der Waals surface area contributed by atoms with E-state index in [0.29, 0.717) is 22.2 Å². The summed E-state index contributed by atoms with van der Waals surface area (Å²) in [6, 6.07) is 19.0. The Morgan fingerprint density at radius 3 is 2.52 bits per heavy atom. The Morgan fingerprint density at radius 2 is 1.85 bits per heavy atom. The first-order valence-electron chi connectivity index (χ1n) is 9.51. The van der Waals surface area contributed by atoms with E-state index in [2.05, 4.69) is 10.5 Å². The molecule has 0 aliphatic heterocycles. The zero-order valence-electron chi connectivity index (χ0n) is 16.7. The van der Waals surface area contributed by atoms with Crippen LogP contribution in [-0.4, -0.2) is 11.1 Å². The standard InChI is InChI=1S/C24H13ClF3N3O2/c25-20-12-17(7-8-19(20)24(26,27)28)30-23(32)16(13-29)10-14-6-9-21-18(11-14)22(33-31-21)15-4-2-1-3-5-15/h1-12H,(H,30,32)/b16-10+. The molecule has 0 aliphatic rings. The molecule has 0 unspecified atom stereocenters. The number of fused-ring (bicyclic) bond motifs is 1. The molecule has 3 aromatic carbocycles. The number of hydrogen-bond acceptors (Lipinski definition) is 4. The first-order valence-corrected chi connectivity index (χ1v) is 9.89. The van der Waals surface area contributed by atoms with Crippen LogP contribution in [0.3, 0.4) is 0 Å². The second-order valence-corrected chi connectivity index (χ2v) is 7.38. The third-order valence-electron chi connectivity index (χ3n) is 4.74. The molecule has 1 N–H and O–H groups in total. The van der Waals surface area contributed by atoms with Crippen LogP contribution in [0.5, 0.6) is 0 Å². The van der Waals surface area contributed by atoms with Gasteiger partial charge in [-0.15, -0.1) is 0 Å². The number of nitrogens with zero attached hydrogens (tertiary/aromatic N) is 2. The molecule has 1 amide bonds. The van der Waals surface area contributed by atoms with Crippen LogP contribution in [0.25, 0.3) is 28.3 Å². The second-order valence-electron chi connectivity index (χ2n) is 6.97. The van der Waals surface area contributed by atoms with Gasteiger partial charge in [-0.2, -0.15) is 18.4 Å². The van der Waals surface area contributed by atoms with Gasteiger partial charge in [0.15, 0.2) is 5.76 Å². The monoisotopic (exact) mass is 467 g/mol. The summed E-state index contributed by atoms with van der Waals surface area (Å²) >= 11 is 5.69. The minimum absolute atomic E-state index is 0.0278. The number of benzene rings is 3. The van der Waals surface area contributed by atoms with E-state index < -0.39 is 22.7 Å². The fourth-order valence-electron chi connectivity index (χ4n) is 3.18. The molecule has 33 heavy (non-hydrogen) atoms. The summed E-state index contributed by atoms with van der Waals surface area (Å²) in [6.07, 6.45) is -3.25. The minimum atomic E-state index is -4.61. The average Bonchev–Trinajstić information content (AvgIpc) is 3.20. The lowest BCUT2D eigenvalue weighted by atomic mass is 10.0. The van der Waals surface area contributed by atoms with Gasteiger partial charge in [0.2, 0.25) is 0 Å². The zero-order chi connectivity index (χ0) is 23.6. The van der Waals surface area contributed by atoms with Crippen LogP contribution in [-0.2, 0) is 11.0 Å². The van der Waals surface area contributed by atoms with Gasteiger partial charge < -0.3 is 9.84 Å². The molecular formula is C24H13ClF3N3O2. The van der Waals surface area contributed by atoms with Crippen LogP contribution >= 0.6 is 11.6 Å². The number of halogens is 4. The number of rotatable bonds is 4. The summed E-state index contributed by atoms with van der Waals surface area (Å²) in [7, 11) is 0. The number of nitriles is 1. The summed E-state index contributed by atoms with van der Waals surface area (Å²) < 4.78 is 44.0. The maximum Gasteiger partial charge on any atom is 0.417 e. The molecular weight excluding hydrogens is 455 g/mol. The van der Waals surface area contributed by atoms with Crippen LogP contribution in [0.4, 0.5) is 18.9 Å². The average molecular weight is 468 g/mol. The van der Waals surface area contributed by atoms with Gasteiger partial charge in [-0.1, -0.05) is 53.2 Å². The number of nitrogens with one attached hydrogen (secondary N) is 1. The molecule has 4 rings (SSSR count). The van der Waals surface area contributed by atoms with Gasteiger partial charge in [-0.05, 0) is 42.0 Å². The van der Waals surface area contributed by atoms with Crippen molar-refractivity contribution in [3.05, 3.63) is 88.5 Å². The molecule has 0 atom stereocenters. The van der Waals surface area contributed by atoms with Crippen molar-refractivity contribution >= 4 is 40.2 Å². The van der Waals surface area contributed by atoms with E-state index in [1.54, 1.807) is 24.3 Å². The van der Waals surface area contributed by atoms with Crippen molar-refractivity contribution in [1.29, 1.82) is 5.26 Å². The van der Waals surface area contributed by atoms with Crippen molar-refractivity contribution in [2.75, 3.05) is 5.32 Å². The molecule has 0 spiro atoms. The van der Waals surface area contributed by atoms with Crippen LogP contribution in [0, 0.1) is 11.3 Å². The molecule has 0 aliphatic carbocycles. The van der Waals surface area contributed by atoms with Gasteiger partial charge in [0, 0.05) is 11.3 Å². The van der Waals surface area contributed by atoms with Crippen LogP contribution in [0.15, 0.2) is 76.8 Å². The van der Waals surface area contributed by atoms with E-state index in [1.807, 2.05) is 30.3 Å². The highest BCUT2D eigenvalue weighted by Gasteiger charge is 2.33. The van der Waals surface area contributed by atoms with E-state index >= 15 is 0 Å². The maximum atomic E-state index is 12.9. The van der Waals surface area contributed by atoms with Gasteiger partial charge >= 0.3 is 6.18 Å². The maximum absolute atomic E-state index is 12.9. The number of carbonyl (C=O) groups excluding carboxylic acids is 1. The van der Waals surface area contributed by atoms with Gasteiger partial charge in [-0.25, -0.2) is 0 Å². The Hall–Kier alpha value is -4.09. The highest BCUT2D eigenvalue weighted by molar-refractivity contribution is 6.31. The Labute approximate surface area is 190 Å². The Morgan fingerprint density at radius 1 is 1.09 bits per heavy atom. The molecule has 4 aromatic rings. The SMILES string of the molecule is N#C/C(=C\c1ccc2noc(-c3ccccc3)c2c1)C(=O)Nc1ccc(C(F)(F)F)c(Cl)c1. The van der Waals surface area contributed by atoms with Gasteiger partial charge in [0.05, 0.1) is 16.0 Å². The number of amides is 1. The Kier molecular flexibility index (Phi) is 5.90. The fraction of sp³-hybridized carbons (Fsp3) is 0.0417. The van der Waals surface area contributed by atoms with E-state index in [4.69, 9.17) is 16.1 Å². The lowest BCUT2D eigenvalue weighted by Gasteiger charge is -2.11. The molecule has 164 valence electrons. The minimum Gasteiger partial charge on any atom is -0.355 e. The molecule has 5 nitrogen and oxygen atoms in total. The third-order valence-corrected chi connectivity index (χ3v) is 5.06. The van der Waals surface area contributed by atoms with Gasteiger partial charge in [0.1, 0.15) is 17.2 Å². The fourth-order valence-corrected chi connectivity index (χ4v) is 3.47. The van der Waals surface area contributed by atoms with Crippen LogP contribution in [0.1, 0.15) is 11.1 Å². The lowest BCUT2D eigenvalue weighted by molar-refractivity contribution is -0.137. The number of carbonyl (C=O) groups is 1. The van der Waals surface area contributed by atoms with E-state index in [1.165, 1.54) is 6.08 Å². The molecule has 9 heteroatoms. The smallest absolute Gasteiger partial charge is 0.355 e. The summed E-state index contributed by atoms with van der Waals surface area (Å²) in [5.41, 5.74) is 0.726. The Bertz CT molecular complexity index is 1420. The zero-order valence-corrected chi connectivity index (χ0v) is 17.4. The number of hydrogen-bond donors (Lipinski definition) is 1. The summed E-state index contributed by atoms with van der Waals surface area (Å²) in [5.74, 6) is -0.245. The van der Waals surface area contributed by atoms with Gasteiger partial charge in [-0.3, -0.25) is 4.79 Å².